The van der Waals surface area contributed by atoms with Crippen LogP contribution in [0.2, 0.25) is 5.02 Å². The van der Waals surface area contributed by atoms with Crippen molar-refractivity contribution in [3.05, 3.63) is 64.9 Å². The zero-order valence-corrected chi connectivity index (χ0v) is 15.8. The van der Waals surface area contributed by atoms with Crippen molar-refractivity contribution in [3.63, 3.8) is 0 Å². The summed E-state index contributed by atoms with van der Waals surface area (Å²) >= 11 is 6.09. The van der Waals surface area contributed by atoms with Crippen molar-refractivity contribution in [2.24, 2.45) is 0 Å². The van der Waals surface area contributed by atoms with E-state index in [1.807, 2.05) is 0 Å². The van der Waals surface area contributed by atoms with Gasteiger partial charge in [0.2, 0.25) is 11.6 Å². The predicted molar refractivity (Wildman–Crippen MR) is 102 cm³/mol. The maximum atomic E-state index is 13.1. The van der Waals surface area contributed by atoms with Gasteiger partial charge >= 0.3 is 0 Å². The minimum Gasteiger partial charge on any atom is -0.347 e. The van der Waals surface area contributed by atoms with Gasteiger partial charge in [-0.3, -0.25) is 9.59 Å². The molecule has 4 rings (SSSR count). The highest BCUT2D eigenvalue weighted by Gasteiger charge is 2.26. The van der Waals surface area contributed by atoms with Crippen LogP contribution in [0.3, 0.4) is 0 Å². The smallest absolute Gasteiger partial charge is 0.240 e. The number of hydrogen-bond donors (Lipinski definition) is 2. The molecular formula is C18H12ClN5O3S. The van der Waals surface area contributed by atoms with Crippen LogP contribution >= 0.6 is 11.6 Å². The third-order valence-electron chi connectivity index (χ3n) is 4.06. The molecule has 2 heterocycles. The number of tetrazole rings is 1. The molecule has 0 aliphatic heterocycles. The molecule has 0 amide bonds. The zero-order valence-electron chi connectivity index (χ0n) is 14.2. The Kier molecular flexibility index (Phi) is 4.84. The van der Waals surface area contributed by atoms with Crippen molar-refractivity contribution < 1.29 is 13.8 Å². The SMILES string of the molecule is O=C(CC(=O)c1c(S(=O)c2ccccc2)[nH]c2ccc(Cl)cc12)c1nn[nH]n1. The number of hydrogen-bond acceptors (Lipinski definition) is 6. The Labute approximate surface area is 165 Å². The molecule has 2 aromatic carbocycles. The number of fused-ring (bicyclic) bond motifs is 1. The number of carbonyl (C=O) groups excluding carboxylic acids is 2. The van der Waals surface area contributed by atoms with E-state index in [0.717, 1.165) is 0 Å². The van der Waals surface area contributed by atoms with E-state index in [4.69, 9.17) is 11.6 Å². The van der Waals surface area contributed by atoms with Crippen LogP contribution in [0.4, 0.5) is 0 Å². The Bertz CT molecular complexity index is 1200. The van der Waals surface area contributed by atoms with Crippen LogP contribution in [0.5, 0.6) is 0 Å². The molecule has 0 fully saturated rings. The fourth-order valence-electron chi connectivity index (χ4n) is 2.81. The van der Waals surface area contributed by atoms with Crippen LogP contribution in [-0.4, -0.2) is 41.4 Å². The molecular weight excluding hydrogens is 402 g/mol. The molecule has 0 aliphatic carbocycles. The summed E-state index contributed by atoms with van der Waals surface area (Å²) in [6.07, 6.45) is -0.488. The highest BCUT2D eigenvalue weighted by atomic mass is 35.5. The fraction of sp³-hybridized carbons (Fsp3) is 0.0556. The van der Waals surface area contributed by atoms with Gasteiger partial charge in [0.1, 0.15) is 15.8 Å². The fourth-order valence-corrected chi connectivity index (χ4v) is 4.23. The summed E-state index contributed by atoms with van der Waals surface area (Å²) in [5, 5.41) is 13.8. The molecule has 1 atom stereocenters. The second-order valence-electron chi connectivity index (χ2n) is 5.86. The molecule has 0 spiro atoms. The van der Waals surface area contributed by atoms with Crippen molar-refractivity contribution in [2.45, 2.75) is 16.3 Å². The lowest BCUT2D eigenvalue weighted by Crippen LogP contribution is -2.12. The standard InChI is InChI=1S/C18H12ClN5O3S/c19-10-6-7-13-12(8-10)16(14(25)9-15(26)17-21-23-24-22-17)18(20-13)28(27)11-4-2-1-3-5-11/h1-8,20H,9H2,(H,21,22,23,24). The number of H-pyrrole nitrogens is 2. The van der Waals surface area contributed by atoms with Gasteiger partial charge in [0, 0.05) is 20.8 Å². The summed E-state index contributed by atoms with van der Waals surface area (Å²) in [4.78, 5) is 28.8. The number of nitrogens with one attached hydrogen (secondary N) is 2. The number of ketones is 2. The van der Waals surface area contributed by atoms with E-state index in [0.29, 0.717) is 20.8 Å². The first-order chi connectivity index (χ1) is 13.5. The highest BCUT2D eigenvalue weighted by molar-refractivity contribution is 7.85. The largest absolute Gasteiger partial charge is 0.347 e. The predicted octanol–water partition coefficient (Wildman–Crippen LogP) is 2.96. The highest BCUT2D eigenvalue weighted by Crippen LogP contribution is 2.31. The maximum absolute atomic E-state index is 13.1. The summed E-state index contributed by atoms with van der Waals surface area (Å²) in [5.41, 5.74) is 0.760. The van der Waals surface area contributed by atoms with E-state index >= 15 is 0 Å². The molecule has 4 aromatic rings. The lowest BCUT2D eigenvalue weighted by molar-refractivity contribution is 0.0887. The first-order valence-corrected chi connectivity index (χ1v) is 9.65. The van der Waals surface area contributed by atoms with Crippen molar-refractivity contribution in [2.75, 3.05) is 0 Å². The van der Waals surface area contributed by atoms with Crippen LogP contribution in [0.15, 0.2) is 58.5 Å². The lowest BCUT2D eigenvalue weighted by Gasteiger charge is -2.04. The molecule has 2 aromatic heterocycles. The van der Waals surface area contributed by atoms with Crippen molar-refractivity contribution in [3.8, 4) is 0 Å². The number of aromatic nitrogens is 5. The third-order valence-corrected chi connectivity index (χ3v) is 5.68. The quantitative estimate of drug-likeness (QED) is 0.370. The first kappa shape index (κ1) is 18.2. The van der Waals surface area contributed by atoms with Gasteiger partial charge in [0.15, 0.2) is 5.78 Å². The number of halogens is 1. The molecule has 1 unspecified atom stereocenters. The van der Waals surface area contributed by atoms with E-state index < -0.39 is 28.8 Å². The number of Topliss-reactive ketones (excluding diaryl/α,β-unsaturated/α-hetero) is 2. The number of benzene rings is 2. The molecule has 28 heavy (non-hydrogen) atoms. The van der Waals surface area contributed by atoms with E-state index in [9.17, 15) is 13.8 Å². The average Bonchev–Trinajstić information content (AvgIpc) is 3.36. The molecule has 8 nitrogen and oxygen atoms in total. The normalized spacial score (nSPS) is 12.2. The van der Waals surface area contributed by atoms with Gasteiger partial charge in [0.25, 0.3) is 0 Å². The van der Waals surface area contributed by atoms with Crippen LogP contribution in [0, 0.1) is 0 Å². The molecule has 0 bridgehead atoms. The van der Waals surface area contributed by atoms with Crippen molar-refractivity contribution in [1.82, 2.24) is 25.6 Å². The summed E-state index contributed by atoms with van der Waals surface area (Å²) < 4.78 is 13.1. The molecule has 0 saturated heterocycles. The number of carbonyl (C=O) groups is 2. The lowest BCUT2D eigenvalue weighted by atomic mass is 10.0. The van der Waals surface area contributed by atoms with Crippen molar-refractivity contribution >= 4 is 44.9 Å². The number of nitrogens with zero attached hydrogens (tertiary/aromatic N) is 3. The zero-order chi connectivity index (χ0) is 19.7. The molecule has 0 aliphatic rings. The minimum absolute atomic E-state index is 0.163. The van der Waals surface area contributed by atoms with Gasteiger partial charge in [-0.1, -0.05) is 29.8 Å². The summed E-state index contributed by atoms with van der Waals surface area (Å²) in [7, 11) is -1.65. The van der Waals surface area contributed by atoms with Crippen LogP contribution in [0.1, 0.15) is 27.4 Å². The Morgan fingerprint density at radius 3 is 2.57 bits per heavy atom. The van der Waals surface area contributed by atoms with E-state index in [-0.39, 0.29) is 16.4 Å². The Morgan fingerprint density at radius 2 is 1.86 bits per heavy atom. The van der Waals surface area contributed by atoms with Crippen molar-refractivity contribution in [1.29, 1.82) is 0 Å². The maximum Gasteiger partial charge on any atom is 0.240 e. The molecule has 10 heteroatoms. The topological polar surface area (TPSA) is 121 Å². The monoisotopic (exact) mass is 413 g/mol. The second-order valence-corrected chi connectivity index (χ2v) is 7.71. The van der Waals surface area contributed by atoms with Crippen LogP contribution in [0.25, 0.3) is 10.9 Å². The molecule has 140 valence electrons. The Balaban J connectivity index is 1.81. The van der Waals surface area contributed by atoms with Crippen LogP contribution < -0.4 is 0 Å². The van der Waals surface area contributed by atoms with Gasteiger partial charge < -0.3 is 4.98 Å². The van der Waals surface area contributed by atoms with Crippen LogP contribution in [-0.2, 0) is 10.8 Å². The van der Waals surface area contributed by atoms with E-state index in [1.165, 1.54) is 0 Å². The van der Waals surface area contributed by atoms with Gasteiger partial charge in [-0.05, 0) is 35.5 Å². The summed E-state index contributed by atoms with van der Waals surface area (Å²) in [5.74, 6) is -1.29. The number of aromatic amines is 2. The molecule has 0 radical (unpaired) electrons. The average molecular weight is 414 g/mol. The number of rotatable bonds is 6. The van der Waals surface area contributed by atoms with Gasteiger partial charge in [-0.15, -0.1) is 10.2 Å². The molecule has 0 saturated carbocycles. The first-order valence-electron chi connectivity index (χ1n) is 8.12. The molecule has 2 N–H and O–H groups in total. The minimum atomic E-state index is -1.65. The third kappa shape index (κ3) is 3.37. The Hall–Kier alpha value is -3.17. The van der Waals surface area contributed by atoms with E-state index in [1.54, 1.807) is 48.5 Å². The van der Waals surface area contributed by atoms with Gasteiger partial charge in [-0.25, -0.2) is 4.21 Å². The second kappa shape index (κ2) is 7.45. The summed E-state index contributed by atoms with van der Waals surface area (Å²) in [6, 6.07) is 13.7. The Morgan fingerprint density at radius 1 is 1.07 bits per heavy atom. The van der Waals surface area contributed by atoms with Gasteiger partial charge in [0.05, 0.1) is 12.0 Å². The van der Waals surface area contributed by atoms with E-state index in [2.05, 4.69) is 25.6 Å². The summed E-state index contributed by atoms with van der Waals surface area (Å²) in [6.45, 7) is 0. The van der Waals surface area contributed by atoms with Gasteiger partial charge in [-0.2, -0.15) is 5.21 Å².